The lowest BCUT2D eigenvalue weighted by Crippen LogP contribution is -2.30. The third kappa shape index (κ3) is 6.31. The molecule has 0 spiro atoms. The molecule has 144 valence electrons. The van der Waals surface area contributed by atoms with Crippen molar-refractivity contribution in [2.45, 2.75) is 27.2 Å². The molecular weight excluding hydrogens is 463 g/mol. The van der Waals surface area contributed by atoms with Crippen LogP contribution in [-0.4, -0.2) is 38.3 Å². The lowest BCUT2D eigenvalue weighted by molar-refractivity contribution is 0.355. The van der Waals surface area contributed by atoms with Gasteiger partial charge in [0.25, 0.3) is 0 Å². The van der Waals surface area contributed by atoms with Gasteiger partial charge >= 0.3 is 0 Å². The Morgan fingerprint density at radius 2 is 1.92 bits per heavy atom. The lowest BCUT2D eigenvalue weighted by atomic mass is 10.2. The van der Waals surface area contributed by atoms with Crippen LogP contribution in [0.15, 0.2) is 23.2 Å². The molecule has 2 N–H and O–H groups in total. The average Bonchev–Trinajstić information content (AvgIpc) is 2.92. The summed E-state index contributed by atoms with van der Waals surface area (Å²) in [4.78, 5) is 10.4. The Hall–Kier alpha value is -1.55. The third-order valence-corrected chi connectivity index (χ3v) is 4.73. The minimum absolute atomic E-state index is 0. The summed E-state index contributed by atoms with van der Waals surface area (Å²) in [5, 5.41) is 7.66. The first-order valence-corrected chi connectivity index (χ1v) is 9.09. The molecule has 2 aromatic rings. The molecule has 0 unspecified atom stereocenters. The second-order valence-electron chi connectivity index (χ2n) is 5.45. The van der Waals surface area contributed by atoms with E-state index < -0.39 is 0 Å². The summed E-state index contributed by atoms with van der Waals surface area (Å²) in [6.45, 7) is 7.62. The summed E-state index contributed by atoms with van der Waals surface area (Å²) in [6.07, 6.45) is 0.889. The normalized spacial score (nSPS) is 10.9. The maximum absolute atomic E-state index is 5.34. The molecule has 0 saturated carbocycles. The van der Waals surface area contributed by atoms with Gasteiger partial charge in [0, 0.05) is 36.1 Å². The smallest absolute Gasteiger partial charge is 0.195 e. The van der Waals surface area contributed by atoms with Crippen LogP contribution in [0.4, 0.5) is 5.69 Å². The van der Waals surface area contributed by atoms with Crippen LogP contribution in [0, 0.1) is 13.8 Å². The highest BCUT2D eigenvalue weighted by molar-refractivity contribution is 14.0. The number of aliphatic imine (C=N–C) groups is 1. The maximum atomic E-state index is 5.34. The van der Waals surface area contributed by atoms with Crippen molar-refractivity contribution >= 4 is 47.0 Å². The van der Waals surface area contributed by atoms with Gasteiger partial charge in [-0.05, 0) is 32.9 Å². The summed E-state index contributed by atoms with van der Waals surface area (Å²) in [5.41, 5.74) is 2.00. The van der Waals surface area contributed by atoms with Crippen molar-refractivity contribution in [3.63, 3.8) is 0 Å². The van der Waals surface area contributed by atoms with E-state index in [1.807, 2.05) is 32.0 Å². The number of nitrogens with zero attached hydrogens (tertiary/aromatic N) is 2. The average molecular weight is 490 g/mol. The summed E-state index contributed by atoms with van der Waals surface area (Å²) >= 11 is 1.74. The number of rotatable bonds is 7. The summed E-state index contributed by atoms with van der Waals surface area (Å²) in [7, 11) is 3.25. The predicted octanol–water partition coefficient (Wildman–Crippen LogP) is 4.02. The first kappa shape index (κ1) is 22.5. The predicted molar refractivity (Wildman–Crippen MR) is 120 cm³/mol. The molecule has 0 aliphatic heterocycles. The number of benzene rings is 1. The van der Waals surface area contributed by atoms with Gasteiger partial charge in [0.15, 0.2) is 17.5 Å². The Bertz CT molecular complexity index is 734. The highest BCUT2D eigenvalue weighted by Gasteiger charge is 2.07. The molecule has 8 heteroatoms. The van der Waals surface area contributed by atoms with Crippen LogP contribution >= 0.6 is 35.3 Å². The second-order valence-corrected chi connectivity index (χ2v) is 6.73. The molecule has 0 aliphatic carbocycles. The van der Waals surface area contributed by atoms with Crippen LogP contribution in [0.3, 0.4) is 0 Å². The second kappa shape index (κ2) is 11.2. The van der Waals surface area contributed by atoms with Crippen LogP contribution in [0.5, 0.6) is 11.5 Å². The molecule has 0 bridgehead atoms. The third-order valence-electron chi connectivity index (χ3n) is 3.60. The largest absolute Gasteiger partial charge is 0.493 e. The number of hydrogen-bond acceptors (Lipinski definition) is 5. The van der Waals surface area contributed by atoms with E-state index in [2.05, 4.69) is 27.5 Å². The molecule has 0 fully saturated rings. The van der Waals surface area contributed by atoms with E-state index in [0.29, 0.717) is 18.0 Å². The van der Waals surface area contributed by atoms with Crippen LogP contribution in [-0.2, 0) is 6.42 Å². The van der Waals surface area contributed by atoms with Gasteiger partial charge in [-0.25, -0.2) is 4.98 Å². The standard InChI is InChI=1S/C18H26N4O2S.HI/c1-6-19-18(20-10-9-17-12(2)21-13(3)25-17)22-14-7-8-15(23-4)16(11-14)24-5;/h7-8,11H,6,9-10H2,1-5H3,(H2,19,20,22);1H. The first-order chi connectivity index (χ1) is 12.1. The number of guanidine groups is 1. The number of aromatic nitrogens is 1. The number of hydrogen-bond donors (Lipinski definition) is 2. The summed E-state index contributed by atoms with van der Waals surface area (Å²) in [6, 6.07) is 5.70. The highest BCUT2D eigenvalue weighted by Crippen LogP contribution is 2.29. The zero-order valence-corrected chi connectivity index (χ0v) is 19.0. The van der Waals surface area contributed by atoms with E-state index in [4.69, 9.17) is 9.47 Å². The van der Waals surface area contributed by atoms with Crippen LogP contribution in [0.2, 0.25) is 0 Å². The van der Waals surface area contributed by atoms with Crippen molar-refractivity contribution < 1.29 is 9.47 Å². The van der Waals surface area contributed by atoms with Crippen molar-refractivity contribution in [3.8, 4) is 11.5 Å². The van der Waals surface area contributed by atoms with Gasteiger partial charge in [-0.3, -0.25) is 4.99 Å². The highest BCUT2D eigenvalue weighted by atomic mass is 127. The zero-order chi connectivity index (χ0) is 18.2. The first-order valence-electron chi connectivity index (χ1n) is 8.27. The number of nitrogens with one attached hydrogen (secondary N) is 2. The molecule has 1 aromatic carbocycles. The van der Waals surface area contributed by atoms with Crippen molar-refractivity contribution in [2.24, 2.45) is 4.99 Å². The fourth-order valence-corrected chi connectivity index (χ4v) is 3.36. The number of ether oxygens (including phenoxy) is 2. The van der Waals surface area contributed by atoms with Gasteiger partial charge in [-0.2, -0.15) is 0 Å². The Kier molecular flexibility index (Phi) is 9.71. The summed E-state index contributed by atoms with van der Waals surface area (Å²) < 4.78 is 10.6. The number of thiazole rings is 1. The molecule has 1 aromatic heterocycles. The van der Waals surface area contributed by atoms with Crippen LogP contribution < -0.4 is 20.1 Å². The number of anilines is 1. The number of methoxy groups -OCH3 is 2. The SMILES string of the molecule is CCNC(=NCCc1sc(C)nc1C)Nc1ccc(OC)c(OC)c1.I. The molecule has 0 aliphatic rings. The maximum Gasteiger partial charge on any atom is 0.195 e. The Morgan fingerprint density at radius 1 is 1.19 bits per heavy atom. The van der Waals surface area contributed by atoms with Gasteiger partial charge in [-0.1, -0.05) is 0 Å². The fraction of sp³-hybridized carbons (Fsp3) is 0.444. The lowest BCUT2D eigenvalue weighted by Gasteiger charge is -2.13. The van der Waals surface area contributed by atoms with E-state index in [-0.39, 0.29) is 24.0 Å². The molecule has 2 rings (SSSR count). The quantitative estimate of drug-likeness (QED) is 0.349. The fourth-order valence-electron chi connectivity index (χ4n) is 2.43. The zero-order valence-electron chi connectivity index (χ0n) is 15.9. The molecule has 0 atom stereocenters. The van der Waals surface area contributed by atoms with Gasteiger partial charge in [0.2, 0.25) is 0 Å². The number of halogens is 1. The molecule has 0 saturated heterocycles. The van der Waals surface area contributed by atoms with E-state index in [1.54, 1.807) is 25.6 Å². The molecular formula is C18H27IN4O2S. The van der Waals surface area contributed by atoms with E-state index in [0.717, 1.165) is 35.3 Å². The van der Waals surface area contributed by atoms with Gasteiger partial charge in [0.05, 0.1) is 24.9 Å². The minimum Gasteiger partial charge on any atom is -0.493 e. The van der Waals surface area contributed by atoms with Gasteiger partial charge < -0.3 is 20.1 Å². The molecule has 6 nitrogen and oxygen atoms in total. The minimum atomic E-state index is 0. The van der Waals surface area contributed by atoms with E-state index >= 15 is 0 Å². The Morgan fingerprint density at radius 3 is 2.50 bits per heavy atom. The Balaban J connectivity index is 0.00000338. The molecule has 0 radical (unpaired) electrons. The molecule has 26 heavy (non-hydrogen) atoms. The topological polar surface area (TPSA) is 67.8 Å². The van der Waals surface area contributed by atoms with Gasteiger partial charge in [-0.15, -0.1) is 35.3 Å². The summed E-state index contributed by atoms with van der Waals surface area (Å²) in [5.74, 6) is 2.12. The molecule has 1 heterocycles. The van der Waals surface area contributed by atoms with E-state index in [9.17, 15) is 0 Å². The van der Waals surface area contributed by atoms with Crippen molar-refractivity contribution in [3.05, 3.63) is 33.8 Å². The van der Waals surface area contributed by atoms with E-state index in [1.165, 1.54) is 4.88 Å². The van der Waals surface area contributed by atoms with Crippen molar-refractivity contribution in [2.75, 3.05) is 32.6 Å². The monoisotopic (exact) mass is 490 g/mol. The number of aryl methyl sites for hydroxylation is 2. The van der Waals surface area contributed by atoms with Crippen LogP contribution in [0.1, 0.15) is 22.5 Å². The van der Waals surface area contributed by atoms with Crippen molar-refractivity contribution in [1.29, 1.82) is 0 Å². The Labute approximate surface area is 176 Å². The molecule has 0 amide bonds. The van der Waals surface area contributed by atoms with Gasteiger partial charge in [0.1, 0.15) is 0 Å². The van der Waals surface area contributed by atoms with Crippen LogP contribution in [0.25, 0.3) is 0 Å². The van der Waals surface area contributed by atoms with Crippen molar-refractivity contribution in [1.82, 2.24) is 10.3 Å².